The van der Waals surface area contributed by atoms with Crippen molar-refractivity contribution < 1.29 is 4.79 Å². The molecule has 0 bridgehead atoms. The first-order chi connectivity index (χ1) is 11.2. The number of anilines is 3. The van der Waals surface area contributed by atoms with Crippen molar-refractivity contribution in [2.75, 3.05) is 48.7 Å². The Labute approximate surface area is 139 Å². The molecule has 5 nitrogen and oxygen atoms in total. The molecule has 0 saturated carbocycles. The molecule has 5 heteroatoms. The fourth-order valence-electron chi connectivity index (χ4n) is 2.89. The third kappa shape index (κ3) is 5.75. The molecule has 0 atom stereocenters. The Hall–Kier alpha value is -1.75. The second-order valence-corrected chi connectivity index (χ2v) is 6.02. The van der Waals surface area contributed by atoms with Gasteiger partial charge < -0.3 is 20.9 Å². The Morgan fingerprint density at radius 1 is 1.09 bits per heavy atom. The van der Waals surface area contributed by atoms with Crippen molar-refractivity contribution in [3.8, 4) is 0 Å². The van der Waals surface area contributed by atoms with E-state index < -0.39 is 0 Å². The van der Waals surface area contributed by atoms with Gasteiger partial charge in [0.15, 0.2) is 0 Å². The lowest BCUT2D eigenvalue weighted by atomic mass is 10.1. The van der Waals surface area contributed by atoms with Crippen LogP contribution in [0.15, 0.2) is 18.2 Å². The van der Waals surface area contributed by atoms with Gasteiger partial charge in [0.1, 0.15) is 0 Å². The van der Waals surface area contributed by atoms with E-state index in [1.807, 2.05) is 25.1 Å². The van der Waals surface area contributed by atoms with Gasteiger partial charge in [-0.05, 0) is 51.1 Å². The van der Waals surface area contributed by atoms with Crippen molar-refractivity contribution in [2.45, 2.75) is 39.5 Å². The Morgan fingerprint density at radius 3 is 2.57 bits per heavy atom. The summed E-state index contributed by atoms with van der Waals surface area (Å²) in [6.07, 6.45) is 4.52. The first kappa shape index (κ1) is 17.6. The highest BCUT2D eigenvalue weighted by molar-refractivity contribution is 5.91. The molecule has 1 amide bonds. The van der Waals surface area contributed by atoms with Gasteiger partial charge in [-0.25, -0.2) is 0 Å². The molecule has 0 unspecified atom stereocenters. The number of nitrogens with zero attached hydrogens (tertiary/aromatic N) is 1. The highest BCUT2D eigenvalue weighted by atomic mass is 16.1. The molecule has 0 radical (unpaired) electrons. The molecule has 128 valence electrons. The summed E-state index contributed by atoms with van der Waals surface area (Å²) < 4.78 is 0. The molecule has 1 heterocycles. The predicted octanol–water partition coefficient (Wildman–Crippen LogP) is 3.36. The van der Waals surface area contributed by atoms with Crippen LogP contribution in [0.1, 0.15) is 39.5 Å². The monoisotopic (exact) mass is 318 g/mol. The molecular formula is C18H30N4O. The van der Waals surface area contributed by atoms with Gasteiger partial charge in [0.05, 0.1) is 11.4 Å². The van der Waals surface area contributed by atoms with Crippen LogP contribution in [0.2, 0.25) is 0 Å². The van der Waals surface area contributed by atoms with E-state index >= 15 is 0 Å². The molecule has 1 fully saturated rings. The molecule has 3 N–H and O–H groups in total. The molecule has 1 aliphatic rings. The molecule has 1 aromatic rings. The number of amides is 1. The molecule has 23 heavy (non-hydrogen) atoms. The van der Waals surface area contributed by atoms with Crippen LogP contribution >= 0.6 is 0 Å². The van der Waals surface area contributed by atoms with Crippen LogP contribution < -0.4 is 16.0 Å². The number of likely N-dealkylation sites (tertiary alicyclic amines) is 1. The van der Waals surface area contributed by atoms with Crippen LogP contribution in [0.25, 0.3) is 0 Å². The lowest BCUT2D eigenvalue weighted by molar-refractivity contribution is -0.115. The summed E-state index contributed by atoms with van der Waals surface area (Å²) in [5.74, 6) is 0.0401. The second kappa shape index (κ2) is 9.40. The van der Waals surface area contributed by atoms with Crippen LogP contribution in [0.4, 0.5) is 17.1 Å². The molecule has 0 spiro atoms. The van der Waals surface area contributed by atoms with E-state index in [2.05, 4.69) is 27.8 Å². The van der Waals surface area contributed by atoms with E-state index in [9.17, 15) is 4.79 Å². The Kier molecular flexibility index (Phi) is 7.20. The lowest BCUT2D eigenvalue weighted by Gasteiger charge is -2.26. The number of nitrogens with one attached hydrogen (secondary N) is 3. The van der Waals surface area contributed by atoms with Crippen LogP contribution in [0, 0.1) is 0 Å². The average molecular weight is 318 g/mol. The standard InChI is InChI=1S/C18H30N4O/c1-3-18(23)21-15-8-9-16(17(14-15)19-4-2)20-10-13-22-11-6-5-7-12-22/h8-9,14,19-20H,3-7,10-13H2,1-2H3,(H,21,23). The number of rotatable bonds is 8. The van der Waals surface area contributed by atoms with Crippen LogP contribution in [-0.4, -0.2) is 43.5 Å². The Bertz CT molecular complexity index is 498. The van der Waals surface area contributed by atoms with E-state index in [0.29, 0.717) is 6.42 Å². The van der Waals surface area contributed by atoms with Crippen molar-refractivity contribution in [1.82, 2.24) is 4.90 Å². The van der Waals surface area contributed by atoms with Gasteiger partial charge in [-0.3, -0.25) is 4.79 Å². The molecule has 1 aromatic carbocycles. The Morgan fingerprint density at radius 2 is 1.87 bits per heavy atom. The summed E-state index contributed by atoms with van der Waals surface area (Å²) in [6.45, 7) is 9.27. The van der Waals surface area contributed by atoms with Crippen LogP contribution in [-0.2, 0) is 4.79 Å². The Balaban J connectivity index is 1.92. The van der Waals surface area contributed by atoms with Gasteiger partial charge in [0.25, 0.3) is 0 Å². The zero-order valence-electron chi connectivity index (χ0n) is 14.5. The number of hydrogen-bond donors (Lipinski definition) is 3. The molecule has 1 aliphatic heterocycles. The number of piperidine rings is 1. The van der Waals surface area contributed by atoms with Crippen LogP contribution in [0.5, 0.6) is 0 Å². The molecule has 1 saturated heterocycles. The third-order valence-corrected chi connectivity index (χ3v) is 4.18. The van der Waals surface area contributed by atoms with Crippen molar-refractivity contribution in [3.63, 3.8) is 0 Å². The van der Waals surface area contributed by atoms with Gasteiger partial charge >= 0.3 is 0 Å². The zero-order valence-corrected chi connectivity index (χ0v) is 14.5. The van der Waals surface area contributed by atoms with E-state index in [-0.39, 0.29) is 5.91 Å². The summed E-state index contributed by atoms with van der Waals surface area (Å²) in [6, 6.07) is 6.00. The van der Waals surface area contributed by atoms with E-state index in [4.69, 9.17) is 0 Å². The predicted molar refractivity (Wildman–Crippen MR) is 98.3 cm³/mol. The molecule has 2 rings (SSSR count). The van der Waals surface area contributed by atoms with Gasteiger partial charge in [0.2, 0.25) is 5.91 Å². The van der Waals surface area contributed by atoms with Gasteiger partial charge in [-0.2, -0.15) is 0 Å². The van der Waals surface area contributed by atoms with E-state index in [1.54, 1.807) is 0 Å². The maximum absolute atomic E-state index is 11.5. The smallest absolute Gasteiger partial charge is 0.224 e. The van der Waals surface area contributed by atoms with Crippen molar-refractivity contribution in [3.05, 3.63) is 18.2 Å². The number of benzene rings is 1. The zero-order chi connectivity index (χ0) is 16.5. The summed E-state index contributed by atoms with van der Waals surface area (Å²) in [7, 11) is 0. The van der Waals surface area contributed by atoms with E-state index in [0.717, 1.165) is 36.7 Å². The number of carbonyl (C=O) groups is 1. The summed E-state index contributed by atoms with van der Waals surface area (Å²) in [5.41, 5.74) is 2.98. The quantitative estimate of drug-likeness (QED) is 0.688. The lowest BCUT2D eigenvalue weighted by Crippen LogP contribution is -2.33. The van der Waals surface area contributed by atoms with Crippen molar-refractivity contribution in [1.29, 1.82) is 0 Å². The minimum atomic E-state index is 0.0401. The highest BCUT2D eigenvalue weighted by Gasteiger charge is 2.10. The fraction of sp³-hybridized carbons (Fsp3) is 0.611. The molecular weight excluding hydrogens is 288 g/mol. The third-order valence-electron chi connectivity index (χ3n) is 4.18. The largest absolute Gasteiger partial charge is 0.384 e. The average Bonchev–Trinajstić information content (AvgIpc) is 2.58. The maximum Gasteiger partial charge on any atom is 0.224 e. The first-order valence-corrected chi connectivity index (χ1v) is 8.87. The summed E-state index contributed by atoms with van der Waals surface area (Å²) in [5, 5.41) is 9.80. The van der Waals surface area contributed by atoms with Gasteiger partial charge in [0, 0.05) is 31.7 Å². The summed E-state index contributed by atoms with van der Waals surface area (Å²) >= 11 is 0. The van der Waals surface area contributed by atoms with Crippen LogP contribution in [0.3, 0.4) is 0 Å². The normalized spacial score (nSPS) is 15.2. The topological polar surface area (TPSA) is 56.4 Å². The van der Waals surface area contributed by atoms with Crippen molar-refractivity contribution >= 4 is 23.0 Å². The summed E-state index contributed by atoms with van der Waals surface area (Å²) in [4.78, 5) is 14.1. The maximum atomic E-state index is 11.5. The molecule has 0 aliphatic carbocycles. The SMILES string of the molecule is CCNc1cc(NC(=O)CC)ccc1NCCN1CCCCC1. The van der Waals surface area contributed by atoms with Crippen molar-refractivity contribution in [2.24, 2.45) is 0 Å². The van der Waals surface area contributed by atoms with Gasteiger partial charge in [-0.1, -0.05) is 13.3 Å². The minimum Gasteiger partial charge on any atom is -0.384 e. The molecule has 0 aromatic heterocycles. The fourth-order valence-corrected chi connectivity index (χ4v) is 2.89. The highest BCUT2D eigenvalue weighted by Crippen LogP contribution is 2.26. The first-order valence-electron chi connectivity index (χ1n) is 8.87. The van der Waals surface area contributed by atoms with E-state index in [1.165, 1.54) is 32.4 Å². The minimum absolute atomic E-state index is 0.0401. The second-order valence-electron chi connectivity index (χ2n) is 6.02. The number of carbonyl (C=O) groups excluding carboxylic acids is 1. The van der Waals surface area contributed by atoms with Gasteiger partial charge in [-0.15, -0.1) is 0 Å². The number of hydrogen-bond acceptors (Lipinski definition) is 4.